The quantitative estimate of drug-likeness (QED) is 0.529. The topological polar surface area (TPSA) is 108 Å². The van der Waals surface area contributed by atoms with Gasteiger partial charge in [-0.3, -0.25) is 5.41 Å². The van der Waals surface area contributed by atoms with Crippen molar-refractivity contribution in [1.29, 1.82) is 5.41 Å². The lowest BCUT2D eigenvalue weighted by Gasteiger charge is -2.37. The molecule has 0 bridgehead atoms. The molecule has 0 aromatic carbocycles. The molecule has 4 N–H and O–H groups in total. The lowest BCUT2D eigenvalue weighted by atomic mass is 10.1. The SMILES string of the molecule is Cc1nnc(N2CC(C)OC(CO)C2)c(C(=N)N)c1C. The van der Waals surface area contributed by atoms with Crippen LogP contribution in [-0.4, -0.2) is 53.0 Å². The Kier molecular flexibility index (Phi) is 4.20. The number of nitrogens with two attached hydrogens (primary N) is 1. The predicted molar refractivity (Wildman–Crippen MR) is 76.2 cm³/mol. The van der Waals surface area contributed by atoms with E-state index in [-0.39, 0.29) is 24.7 Å². The van der Waals surface area contributed by atoms with Crippen molar-refractivity contribution in [2.24, 2.45) is 5.73 Å². The molecule has 0 amide bonds. The third kappa shape index (κ3) is 2.73. The van der Waals surface area contributed by atoms with Crippen LogP contribution in [0.15, 0.2) is 0 Å². The molecule has 0 radical (unpaired) electrons. The zero-order chi connectivity index (χ0) is 14.9. The molecule has 1 fully saturated rings. The molecule has 1 aromatic heterocycles. The number of rotatable bonds is 3. The molecular weight excluding hydrogens is 258 g/mol. The molecule has 1 aromatic rings. The highest BCUT2D eigenvalue weighted by Gasteiger charge is 2.28. The van der Waals surface area contributed by atoms with Crippen LogP contribution in [0.25, 0.3) is 0 Å². The number of nitrogens with one attached hydrogen (secondary N) is 1. The van der Waals surface area contributed by atoms with Crippen LogP contribution in [0.2, 0.25) is 0 Å². The number of anilines is 1. The molecule has 7 heteroatoms. The van der Waals surface area contributed by atoms with E-state index in [4.69, 9.17) is 15.9 Å². The highest BCUT2D eigenvalue weighted by atomic mass is 16.5. The zero-order valence-electron chi connectivity index (χ0n) is 12.1. The van der Waals surface area contributed by atoms with Gasteiger partial charge in [0.1, 0.15) is 5.84 Å². The van der Waals surface area contributed by atoms with Crippen molar-refractivity contribution in [3.63, 3.8) is 0 Å². The maximum Gasteiger partial charge on any atom is 0.162 e. The normalized spacial score (nSPS) is 22.9. The lowest BCUT2D eigenvalue weighted by molar-refractivity contribution is -0.0423. The van der Waals surface area contributed by atoms with E-state index in [0.29, 0.717) is 24.5 Å². The first-order valence-electron chi connectivity index (χ1n) is 6.63. The smallest absolute Gasteiger partial charge is 0.162 e. The van der Waals surface area contributed by atoms with E-state index in [9.17, 15) is 5.11 Å². The molecule has 2 unspecified atom stereocenters. The second-order valence-corrected chi connectivity index (χ2v) is 5.18. The average Bonchev–Trinajstić information content (AvgIpc) is 2.40. The molecule has 2 heterocycles. The van der Waals surface area contributed by atoms with E-state index in [1.54, 1.807) is 0 Å². The third-order valence-corrected chi connectivity index (χ3v) is 3.53. The fourth-order valence-electron chi connectivity index (χ4n) is 2.46. The first-order chi connectivity index (χ1) is 9.43. The van der Waals surface area contributed by atoms with E-state index in [2.05, 4.69) is 10.2 Å². The first kappa shape index (κ1) is 14.7. The second-order valence-electron chi connectivity index (χ2n) is 5.18. The lowest BCUT2D eigenvalue weighted by Crippen LogP contribution is -2.49. The second kappa shape index (κ2) is 5.72. The van der Waals surface area contributed by atoms with Gasteiger partial charge in [-0.1, -0.05) is 0 Å². The molecule has 1 aliphatic heterocycles. The Morgan fingerprint density at radius 3 is 2.75 bits per heavy atom. The van der Waals surface area contributed by atoms with Crippen LogP contribution >= 0.6 is 0 Å². The van der Waals surface area contributed by atoms with Gasteiger partial charge < -0.3 is 20.5 Å². The number of nitrogen functional groups attached to an aromatic ring is 1. The fraction of sp³-hybridized carbons (Fsp3) is 0.615. The van der Waals surface area contributed by atoms with Crippen molar-refractivity contribution in [2.45, 2.75) is 33.0 Å². The van der Waals surface area contributed by atoms with Crippen molar-refractivity contribution in [1.82, 2.24) is 10.2 Å². The summed E-state index contributed by atoms with van der Waals surface area (Å²) in [6.45, 7) is 6.77. The van der Waals surface area contributed by atoms with Gasteiger partial charge in [-0.2, -0.15) is 5.10 Å². The molecule has 2 rings (SSSR count). The van der Waals surface area contributed by atoms with Gasteiger partial charge >= 0.3 is 0 Å². The number of hydrogen-bond donors (Lipinski definition) is 3. The number of amidine groups is 1. The minimum absolute atomic E-state index is 0.0183. The Morgan fingerprint density at radius 2 is 2.15 bits per heavy atom. The van der Waals surface area contributed by atoms with Crippen molar-refractivity contribution >= 4 is 11.7 Å². The molecule has 0 aliphatic carbocycles. The predicted octanol–water partition coefficient (Wildman–Crippen LogP) is -0.0365. The number of nitrogens with zero attached hydrogens (tertiary/aromatic N) is 3. The maximum absolute atomic E-state index is 9.30. The number of morpholine rings is 1. The van der Waals surface area contributed by atoms with Gasteiger partial charge in [0.15, 0.2) is 5.82 Å². The monoisotopic (exact) mass is 279 g/mol. The Morgan fingerprint density at radius 1 is 1.45 bits per heavy atom. The van der Waals surface area contributed by atoms with Crippen LogP contribution in [0.4, 0.5) is 5.82 Å². The van der Waals surface area contributed by atoms with Crippen LogP contribution in [0, 0.1) is 19.3 Å². The van der Waals surface area contributed by atoms with Gasteiger partial charge in [-0.25, -0.2) is 0 Å². The number of hydrogen-bond acceptors (Lipinski definition) is 6. The van der Waals surface area contributed by atoms with Crippen LogP contribution in [0.3, 0.4) is 0 Å². The van der Waals surface area contributed by atoms with Gasteiger partial charge in [0, 0.05) is 13.1 Å². The van der Waals surface area contributed by atoms with E-state index in [1.165, 1.54) is 0 Å². The van der Waals surface area contributed by atoms with E-state index < -0.39 is 0 Å². The van der Waals surface area contributed by atoms with Gasteiger partial charge in [-0.15, -0.1) is 5.10 Å². The van der Waals surface area contributed by atoms with Crippen LogP contribution in [0.5, 0.6) is 0 Å². The summed E-state index contributed by atoms with van der Waals surface area (Å²) in [4.78, 5) is 1.98. The summed E-state index contributed by atoms with van der Waals surface area (Å²) < 4.78 is 5.62. The fourth-order valence-corrected chi connectivity index (χ4v) is 2.46. The molecule has 0 spiro atoms. The summed E-state index contributed by atoms with van der Waals surface area (Å²) in [6.07, 6.45) is -0.286. The Bertz CT molecular complexity index is 520. The number of aliphatic hydroxyl groups is 1. The number of aromatic nitrogens is 2. The van der Waals surface area contributed by atoms with Crippen molar-refractivity contribution in [3.05, 3.63) is 16.8 Å². The minimum atomic E-state index is -0.262. The van der Waals surface area contributed by atoms with E-state index in [0.717, 1.165) is 11.3 Å². The molecule has 1 aliphatic rings. The number of aliphatic hydroxyl groups excluding tert-OH is 1. The molecular formula is C13H21N5O2. The Labute approximate surface area is 118 Å². The molecule has 0 saturated carbocycles. The molecule has 7 nitrogen and oxygen atoms in total. The zero-order valence-corrected chi connectivity index (χ0v) is 12.1. The minimum Gasteiger partial charge on any atom is -0.394 e. The largest absolute Gasteiger partial charge is 0.394 e. The Balaban J connectivity index is 2.41. The summed E-state index contributed by atoms with van der Waals surface area (Å²) in [5.74, 6) is 0.574. The standard InChI is InChI=1S/C13H21N5O2/c1-7-4-18(5-10(6-19)20-7)13-11(12(14)15)8(2)9(3)16-17-13/h7,10,19H,4-6H2,1-3H3,(H3,14,15). The Hall–Kier alpha value is -1.73. The summed E-state index contributed by atoms with van der Waals surface area (Å²) >= 11 is 0. The van der Waals surface area contributed by atoms with Gasteiger partial charge in [0.2, 0.25) is 0 Å². The molecule has 1 saturated heterocycles. The summed E-state index contributed by atoms with van der Waals surface area (Å²) in [5, 5.41) is 25.4. The van der Waals surface area contributed by atoms with E-state index in [1.807, 2.05) is 25.7 Å². The van der Waals surface area contributed by atoms with Gasteiger partial charge in [0.25, 0.3) is 0 Å². The highest BCUT2D eigenvalue weighted by Crippen LogP contribution is 2.24. The molecule has 20 heavy (non-hydrogen) atoms. The van der Waals surface area contributed by atoms with E-state index >= 15 is 0 Å². The first-order valence-corrected chi connectivity index (χ1v) is 6.63. The van der Waals surface area contributed by atoms with Crippen LogP contribution in [-0.2, 0) is 4.74 Å². The maximum atomic E-state index is 9.30. The third-order valence-electron chi connectivity index (χ3n) is 3.53. The van der Waals surface area contributed by atoms with Crippen molar-refractivity contribution in [2.75, 3.05) is 24.6 Å². The van der Waals surface area contributed by atoms with Crippen molar-refractivity contribution < 1.29 is 9.84 Å². The summed E-state index contributed by atoms with van der Waals surface area (Å²) in [6, 6.07) is 0. The number of ether oxygens (including phenoxy) is 1. The van der Waals surface area contributed by atoms with Crippen LogP contribution < -0.4 is 10.6 Å². The summed E-state index contributed by atoms with van der Waals surface area (Å²) in [7, 11) is 0. The summed E-state index contributed by atoms with van der Waals surface area (Å²) in [5.41, 5.74) is 7.94. The molecule has 2 atom stereocenters. The molecule has 110 valence electrons. The highest BCUT2D eigenvalue weighted by molar-refractivity contribution is 6.01. The van der Waals surface area contributed by atoms with Gasteiger partial charge in [0.05, 0.1) is 30.1 Å². The number of aryl methyl sites for hydroxylation is 1. The van der Waals surface area contributed by atoms with Crippen molar-refractivity contribution in [3.8, 4) is 0 Å². The van der Waals surface area contributed by atoms with Crippen LogP contribution in [0.1, 0.15) is 23.7 Å². The average molecular weight is 279 g/mol. The van der Waals surface area contributed by atoms with Gasteiger partial charge in [-0.05, 0) is 26.3 Å².